The third kappa shape index (κ3) is 6.54. The highest BCUT2D eigenvalue weighted by Gasteiger charge is 2.26. The van der Waals surface area contributed by atoms with E-state index in [1.807, 2.05) is 6.92 Å². The number of carbonyl (C=O) groups excluding carboxylic acids is 1. The minimum Gasteiger partial charge on any atom is -0.441 e. The summed E-state index contributed by atoms with van der Waals surface area (Å²) in [6.45, 7) is 10.9. The van der Waals surface area contributed by atoms with E-state index >= 15 is 0 Å². The monoisotopic (exact) mass is 506 g/mol. The first kappa shape index (κ1) is 25.5. The van der Waals surface area contributed by atoms with Crippen molar-refractivity contribution in [3.8, 4) is 11.5 Å². The molecule has 0 spiro atoms. The van der Waals surface area contributed by atoms with Crippen LogP contribution in [-0.2, 0) is 11.3 Å². The van der Waals surface area contributed by atoms with Crippen LogP contribution in [0.25, 0.3) is 11.5 Å². The summed E-state index contributed by atoms with van der Waals surface area (Å²) in [5.41, 5.74) is 1.52. The number of carbonyl (C=O) groups is 1. The second kappa shape index (κ2) is 11.9. The Morgan fingerprint density at radius 1 is 1.15 bits per heavy atom. The average molecular weight is 508 g/mol. The van der Waals surface area contributed by atoms with Gasteiger partial charge in [0, 0.05) is 25.6 Å². The van der Waals surface area contributed by atoms with Crippen LogP contribution in [0.4, 0.5) is 0 Å². The van der Waals surface area contributed by atoms with Crippen molar-refractivity contribution in [1.29, 1.82) is 0 Å². The molecule has 2 aliphatic rings. The third-order valence-corrected chi connectivity index (χ3v) is 7.72. The van der Waals surface area contributed by atoms with E-state index in [1.165, 1.54) is 25.9 Å². The predicted octanol–water partition coefficient (Wildman–Crippen LogP) is 5.41. The molecular formula is C26H36Cl2N4O2. The van der Waals surface area contributed by atoms with Crippen molar-refractivity contribution in [3.63, 3.8) is 0 Å². The van der Waals surface area contributed by atoms with Crippen LogP contribution in [-0.4, -0.2) is 60.0 Å². The van der Waals surface area contributed by atoms with Gasteiger partial charge in [-0.1, -0.05) is 36.2 Å². The summed E-state index contributed by atoms with van der Waals surface area (Å²) in [6.07, 6.45) is 5.42. The summed E-state index contributed by atoms with van der Waals surface area (Å²) in [5, 5.41) is 4.22. The van der Waals surface area contributed by atoms with Crippen LogP contribution in [0.3, 0.4) is 0 Å². The van der Waals surface area contributed by atoms with Crippen LogP contribution in [0.15, 0.2) is 22.6 Å². The number of amides is 1. The zero-order valence-electron chi connectivity index (χ0n) is 20.3. The molecule has 1 atom stereocenters. The lowest BCUT2D eigenvalue weighted by atomic mass is 9.95. The minimum absolute atomic E-state index is 0.0992. The maximum atomic E-state index is 12.6. The number of hydrogen-bond donors (Lipinski definition) is 1. The van der Waals surface area contributed by atoms with Gasteiger partial charge in [0.2, 0.25) is 11.8 Å². The number of aryl methyl sites for hydroxylation is 1. The average Bonchev–Trinajstić information content (AvgIpc) is 3.16. The minimum atomic E-state index is 0.0992. The van der Waals surface area contributed by atoms with Crippen molar-refractivity contribution < 1.29 is 9.21 Å². The topological polar surface area (TPSA) is 61.6 Å². The molecule has 2 aliphatic heterocycles. The number of halogens is 2. The van der Waals surface area contributed by atoms with E-state index in [1.54, 1.807) is 18.2 Å². The van der Waals surface area contributed by atoms with E-state index in [0.717, 1.165) is 62.8 Å². The Morgan fingerprint density at radius 3 is 2.59 bits per heavy atom. The van der Waals surface area contributed by atoms with Gasteiger partial charge in [-0.15, -0.1) is 0 Å². The number of oxazole rings is 1. The van der Waals surface area contributed by atoms with Crippen molar-refractivity contribution in [2.45, 2.75) is 52.5 Å². The van der Waals surface area contributed by atoms with Gasteiger partial charge in [-0.2, -0.15) is 0 Å². The Bertz CT molecular complexity index is 951. The molecule has 1 aromatic heterocycles. The van der Waals surface area contributed by atoms with Crippen LogP contribution in [0.1, 0.15) is 50.5 Å². The van der Waals surface area contributed by atoms with E-state index in [0.29, 0.717) is 28.0 Å². The lowest BCUT2D eigenvalue weighted by Gasteiger charge is -2.31. The lowest BCUT2D eigenvalue weighted by molar-refractivity contribution is -0.126. The smallest absolute Gasteiger partial charge is 0.229 e. The summed E-state index contributed by atoms with van der Waals surface area (Å²) >= 11 is 12.6. The maximum absolute atomic E-state index is 12.6. The SMILES string of the molecule is Cc1oc(-c2c(Cl)cccc2Cl)nc1CN1CCC(C(=O)NCCCN2CCC[C@H](C)C2)CC1. The van der Waals surface area contributed by atoms with Crippen molar-refractivity contribution >= 4 is 29.1 Å². The summed E-state index contributed by atoms with van der Waals surface area (Å²) in [7, 11) is 0. The lowest BCUT2D eigenvalue weighted by Crippen LogP contribution is -2.41. The molecule has 0 saturated carbocycles. The number of benzene rings is 1. The Kier molecular flexibility index (Phi) is 8.92. The molecule has 2 saturated heterocycles. The van der Waals surface area contributed by atoms with Gasteiger partial charge < -0.3 is 14.6 Å². The molecule has 6 nitrogen and oxygen atoms in total. The number of hydrogen-bond acceptors (Lipinski definition) is 5. The normalized spacial score (nSPS) is 20.5. The number of nitrogens with one attached hydrogen (secondary N) is 1. The molecule has 1 aromatic carbocycles. The van der Waals surface area contributed by atoms with Gasteiger partial charge in [0.25, 0.3) is 0 Å². The molecule has 8 heteroatoms. The van der Waals surface area contributed by atoms with E-state index in [2.05, 4.69) is 27.0 Å². The summed E-state index contributed by atoms with van der Waals surface area (Å²) in [5.74, 6) is 2.34. The number of aromatic nitrogens is 1. The summed E-state index contributed by atoms with van der Waals surface area (Å²) < 4.78 is 5.89. The number of piperidine rings is 2. The largest absolute Gasteiger partial charge is 0.441 e. The number of likely N-dealkylation sites (tertiary alicyclic amines) is 2. The molecule has 0 bridgehead atoms. The van der Waals surface area contributed by atoms with Gasteiger partial charge in [-0.3, -0.25) is 9.69 Å². The van der Waals surface area contributed by atoms with Crippen LogP contribution < -0.4 is 5.32 Å². The number of rotatable bonds is 8. The Morgan fingerprint density at radius 2 is 1.88 bits per heavy atom. The van der Waals surface area contributed by atoms with Crippen LogP contribution in [0.5, 0.6) is 0 Å². The fourth-order valence-electron chi connectivity index (χ4n) is 5.10. The van der Waals surface area contributed by atoms with Gasteiger partial charge in [-0.05, 0) is 83.3 Å². The van der Waals surface area contributed by atoms with Gasteiger partial charge in [-0.25, -0.2) is 4.98 Å². The molecule has 2 aromatic rings. The standard InChI is InChI=1S/C26H36Cl2N4O2/c1-18-6-4-12-31(16-18)13-5-11-29-25(33)20-9-14-32(15-10-20)17-23-19(2)34-26(30-23)24-21(27)7-3-8-22(24)28/h3,7-8,18,20H,4-6,9-17H2,1-2H3,(H,29,33)/t18-/m0/s1. The zero-order chi connectivity index (χ0) is 24.1. The van der Waals surface area contributed by atoms with Crippen molar-refractivity contribution in [1.82, 2.24) is 20.1 Å². The summed E-state index contributed by atoms with van der Waals surface area (Å²) in [6, 6.07) is 5.37. The molecule has 4 rings (SSSR count). The molecule has 186 valence electrons. The third-order valence-electron chi connectivity index (χ3n) is 7.09. The predicted molar refractivity (Wildman–Crippen MR) is 137 cm³/mol. The quantitative estimate of drug-likeness (QED) is 0.485. The van der Waals surface area contributed by atoms with Crippen LogP contribution in [0.2, 0.25) is 10.0 Å². The summed E-state index contributed by atoms with van der Waals surface area (Å²) in [4.78, 5) is 22.2. The molecule has 0 unspecified atom stereocenters. The van der Waals surface area contributed by atoms with Crippen LogP contribution in [0, 0.1) is 18.8 Å². The molecule has 1 N–H and O–H groups in total. The second-order valence-corrected chi connectivity index (χ2v) is 10.7. The van der Waals surface area contributed by atoms with E-state index < -0.39 is 0 Å². The van der Waals surface area contributed by atoms with Gasteiger partial charge in [0.1, 0.15) is 5.76 Å². The Labute approximate surface area is 213 Å². The first-order valence-electron chi connectivity index (χ1n) is 12.5. The fourth-order valence-corrected chi connectivity index (χ4v) is 5.66. The van der Waals surface area contributed by atoms with Crippen molar-refractivity contribution in [2.75, 3.05) is 39.3 Å². The highest BCUT2D eigenvalue weighted by Crippen LogP contribution is 2.35. The molecular weight excluding hydrogens is 471 g/mol. The van der Waals surface area contributed by atoms with Gasteiger partial charge in [0.15, 0.2) is 0 Å². The van der Waals surface area contributed by atoms with E-state index in [9.17, 15) is 4.79 Å². The fraction of sp³-hybridized carbons (Fsp3) is 0.615. The Hall–Kier alpha value is -1.60. The van der Waals surface area contributed by atoms with Gasteiger partial charge in [0.05, 0.1) is 21.3 Å². The highest BCUT2D eigenvalue weighted by molar-refractivity contribution is 6.38. The molecule has 0 aliphatic carbocycles. The van der Waals surface area contributed by atoms with E-state index in [4.69, 9.17) is 27.6 Å². The zero-order valence-corrected chi connectivity index (χ0v) is 21.8. The van der Waals surface area contributed by atoms with Crippen molar-refractivity contribution in [2.24, 2.45) is 11.8 Å². The number of nitrogens with zero attached hydrogens (tertiary/aromatic N) is 3. The van der Waals surface area contributed by atoms with E-state index in [-0.39, 0.29) is 11.8 Å². The van der Waals surface area contributed by atoms with Crippen molar-refractivity contribution in [3.05, 3.63) is 39.7 Å². The molecule has 1 amide bonds. The molecule has 3 heterocycles. The van der Waals surface area contributed by atoms with Crippen LogP contribution >= 0.6 is 23.2 Å². The first-order chi connectivity index (χ1) is 16.4. The maximum Gasteiger partial charge on any atom is 0.229 e. The van der Waals surface area contributed by atoms with Gasteiger partial charge >= 0.3 is 0 Å². The molecule has 34 heavy (non-hydrogen) atoms. The molecule has 0 radical (unpaired) electrons. The second-order valence-electron chi connectivity index (χ2n) is 9.86. The Balaban J connectivity index is 1.21. The molecule has 2 fully saturated rings. The highest BCUT2D eigenvalue weighted by atomic mass is 35.5. The first-order valence-corrected chi connectivity index (χ1v) is 13.3.